The van der Waals surface area contributed by atoms with Gasteiger partial charge in [0.1, 0.15) is 0 Å². The van der Waals surface area contributed by atoms with Crippen molar-refractivity contribution in [3.63, 3.8) is 0 Å². The number of carbonyl (C=O) groups excluding carboxylic acids is 1. The molecule has 2 rings (SSSR count). The summed E-state index contributed by atoms with van der Waals surface area (Å²) in [6.45, 7) is 0.278. The first-order valence-corrected chi connectivity index (χ1v) is 5.81. The van der Waals surface area contributed by atoms with E-state index in [1.165, 1.54) is 12.1 Å². The van der Waals surface area contributed by atoms with Crippen molar-refractivity contribution >= 4 is 5.97 Å². The fraction of sp³-hybridized carbons (Fsp3) is 0.462. The summed E-state index contributed by atoms with van der Waals surface area (Å²) in [5.74, 6) is -0.0685. The largest absolute Gasteiger partial charge is 0.462 e. The highest BCUT2D eigenvalue weighted by molar-refractivity contribution is 5.89. The number of hydrogen-bond acceptors (Lipinski definition) is 2. The number of hydrogen-bond donors (Lipinski definition) is 0. The minimum Gasteiger partial charge on any atom is -0.462 e. The van der Waals surface area contributed by atoms with Crippen molar-refractivity contribution in [3.05, 3.63) is 35.4 Å². The Bertz CT molecular complexity index is 436. The quantitative estimate of drug-likeness (QED) is 0.770. The Morgan fingerprint density at radius 1 is 1.33 bits per heavy atom. The lowest BCUT2D eigenvalue weighted by atomic mass is 10.1. The van der Waals surface area contributed by atoms with Crippen molar-refractivity contribution in [1.82, 2.24) is 0 Å². The van der Waals surface area contributed by atoms with Crippen LogP contribution in [0.3, 0.4) is 0 Å². The zero-order chi connectivity index (χ0) is 13.2. The monoisotopic (exact) mass is 258 g/mol. The average Bonchev–Trinajstić information content (AvgIpc) is 3.12. The summed E-state index contributed by atoms with van der Waals surface area (Å²) in [5, 5.41) is 0. The highest BCUT2D eigenvalue weighted by Gasteiger charge is 2.31. The van der Waals surface area contributed by atoms with E-state index in [9.17, 15) is 18.0 Å². The molecule has 1 fully saturated rings. The fourth-order valence-electron chi connectivity index (χ4n) is 1.63. The molecule has 0 saturated heterocycles. The van der Waals surface area contributed by atoms with Gasteiger partial charge in [-0.3, -0.25) is 0 Å². The molecular formula is C13H13F3O2. The van der Waals surface area contributed by atoms with E-state index in [0.717, 1.165) is 31.4 Å². The lowest BCUT2D eigenvalue weighted by Gasteiger charge is -2.08. The molecule has 2 nitrogen and oxygen atoms in total. The smallest absolute Gasteiger partial charge is 0.416 e. The van der Waals surface area contributed by atoms with E-state index >= 15 is 0 Å². The van der Waals surface area contributed by atoms with E-state index in [4.69, 9.17) is 4.74 Å². The minimum atomic E-state index is -4.44. The van der Waals surface area contributed by atoms with Crippen LogP contribution in [0.15, 0.2) is 24.3 Å². The molecule has 18 heavy (non-hydrogen) atoms. The molecule has 0 aliphatic heterocycles. The maximum absolute atomic E-state index is 12.4. The van der Waals surface area contributed by atoms with Crippen LogP contribution in [0.4, 0.5) is 13.2 Å². The molecule has 0 unspecified atom stereocenters. The van der Waals surface area contributed by atoms with Crippen LogP contribution >= 0.6 is 0 Å². The Balaban J connectivity index is 1.96. The lowest BCUT2D eigenvalue weighted by Crippen LogP contribution is -2.10. The first kappa shape index (κ1) is 12.9. The van der Waals surface area contributed by atoms with Gasteiger partial charge >= 0.3 is 12.1 Å². The molecule has 1 saturated carbocycles. The molecule has 0 atom stereocenters. The molecule has 0 bridgehead atoms. The highest BCUT2D eigenvalue weighted by Crippen LogP contribution is 2.32. The van der Waals surface area contributed by atoms with Crippen LogP contribution in [-0.4, -0.2) is 12.6 Å². The Kier molecular flexibility index (Phi) is 3.59. The number of esters is 1. The predicted octanol–water partition coefficient (Wildman–Crippen LogP) is 3.66. The van der Waals surface area contributed by atoms with Gasteiger partial charge in [0, 0.05) is 0 Å². The second-order valence-electron chi connectivity index (χ2n) is 4.45. The van der Waals surface area contributed by atoms with Crippen LogP contribution in [0.25, 0.3) is 0 Å². The van der Waals surface area contributed by atoms with Gasteiger partial charge in [0.15, 0.2) is 0 Å². The van der Waals surface area contributed by atoms with Crippen molar-refractivity contribution in [2.45, 2.75) is 25.4 Å². The number of alkyl halides is 3. The Hall–Kier alpha value is -1.52. The van der Waals surface area contributed by atoms with E-state index in [0.29, 0.717) is 5.92 Å². The van der Waals surface area contributed by atoms with Gasteiger partial charge in [-0.2, -0.15) is 13.2 Å². The summed E-state index contributed by atoms with van der Waals surface area (Å²) in [7, 11) is 0. The van der Waals surface area contributed by atoms with E-state index in [1.54, 1.807) is 0 Å². The van der Waals surface area contributed by atoms with Gasteiger partial charge in [-0.05, 0) is 30.5 Å². The van der Waals surface area contributed by atoms with Crippen molar-refractivity contribution in [2.24, 2.45) is 5.92 Å². The number of benzene rings is 1. The molecular weight excluding hydrogens is 245 g/mol. The zero-order valence-electron chi connectivity index (χ0n) is 9.67. The van der Waals surface area contributed by atoms with Crippen molar-refractivity contribution in [1.29, 1.82) is 0 Å². The van der Waals surface area contributed by atoms with Crippen LogP contribution in [0.1, 0.15) is 35.2 Å². The zero-order valence-corrected chi connectivity index (χ0v) is 9.67. The highest BCUT2D eigenvalue weighted by atomic mass is 19.4. The number of carbonyl (C=O) groups is 1. The van der Waals surface area contributed by atoms with Crippen LogP contribution in [0.5, 0.6) is 0 Å². The lowest BCUT2D eigenvalue weighted by molar-refractivity contribution is -0.137. The molecule has 1 aromatic carbocycles. The molecule has 1 aliphatic rings. The second kappa shape index (κ2) is 5.00. The van der Waals surface area contributed by atoms with Crippen molar-refractivity contribution in [3.8, 4) is 0 Å². The third-order valence-corrected chi connectivity index (χ3v) is 2.88. The van der Waals surface area contributed by atoms with Crippen LogP contribution in [-0.2, 0) is 10.9 Å². The summed E-state index contributed by atoms with van der Waals surface area (Å²) in [5.41, 5.74) is -0.889. The molecule has 5 heteroatoms. The van der Waals surface area contributed by atoms with Gasteiger partial charge in [-0.15, -0.1) is 0 Å². The van der Waals surface area contributed by atoms with Crippen molar-refractivity contribution in [2.75, 3.05) is 6.61 Å². The molecule has 1 aliphatic carbocycles. The summed E-state index contributed by atoms with van der Waals surface area (Å²) >= 11 is 0. The third-order valence-electron chi connectivity index (χ3n) is 2.88. The predicted molar refractivity (Wildman–Crippen MR) is 59.1 cm³/mol. The van der Waals surface area contributed by atoms with Crippen molar-refractivity contribution < 1.29 is 22.7 Å². The SMILES string of the molecule is O=C(OCCC1CC1)c1cccc(C(F)(F)F)c1. The normalized spacial score (nSPS) is 15.5. The topological polar surface area (TPSA) is 26.3 Å². The van der Waals surface area contributed by atoms with Gasteiger partial charge in [-0.1, -0.05) is 18.9 Å². The Morgan fingerprint density at radius 3 is 2.67 bits per heavy atom. The first-order chi connectivity index (χ1) is 8.47. The molecule has 1 aromatic rings. The number of halogens is 3. The maximum atomic E-state index is 12.4. The maximum Gasteiger partial charge on any atom is 0.416 e. The third kappa shape index (κ3) is 3.48. The Morgan fingerprint density at radius 2 is 2.06 bits per heavy atom. The van der Waals surface area contributed by atoms with E-state index < -0.39 is 17.7 Å². The molecule has 98 valence electrons. The van der Waals surface area contributed by atoms with Gasteiger partial charge in [-0.25, -0.2) is 4.79 Å². The van der Waals surface area contributed by atoms with E-state index in [2.05, 4.69) is 0 Å². The van der Waals surface area contributed by atoms with Crippen LogP contribution in [0, 0.1) is 5.92 Å². The molecule has 0 amide bonds. The van der Waals surface area contributed by atoms with Gasteiger partial charge in [0.25, 0.3) is 0 Å². The first-order valence-electron chi connectivity index (χ1n) is 5.81. The summed E-state index contributed by atoms with van der Waals surface area (Å²) < 4.78 is 42.3. The van der Waals surface area contributed by atoms with Gasteiger partial charge < -0.3 is 4.74 Å². The minimum absolute atomic E-state index is 0.0550. The van der Waals surface area contributed by atoms with Gasteiger partial charge in [0.2, 0.25) is 0 Å². The molecule has 0 radical (unpaired) electrons. The molecule has 0 aromatic heterocycles. The molecule has 0 heterocycles. The standard InChI is InChI=1S/C13H13F3O2/c14-13(15,16)11-3-1-2-10(8-11)12(17)18-7-6-9-4-5-9/h1-3,8-9H,4-7H2. The van der Waals surface area contributed by atoms with Crippen LogP contribution < -0.4 is 0 Å². The van der Waals surface area contributed by atoms with Crippen LogP contribution in [0.2, 0.25) is 0 Å². The fourth-order valence-corrected chi connectivity index (χ4v) is 1.63. The summed E-state index contributed by atoms with van der Waals surface area (Å²) in [6.07, 6.45) is -1.34. The Labute approximate surface area is 103 Å². The number of ether oxygens (including phenoxy) is 1. The molecule has 0 spiro atoms. The number of rotatable bonds is 4. The van der Waals surface area contributed by atoms with E-state index in [-0.39, 0.29) is 12.2 Å². The van der Waals surface area contributed by atoms with Gasteiger partial charge in [0.05, 0.1) is 17.7 Å². The van der Waals surface area contributed by atoms with E-state index in [1.807, 2.05) is 0 Å². The second-order valence-corrected chi connectivity index (χ2v) is 4.45. The average molecular weight is 258 g/mol. The summed E-state index contributed by atoms with van der Waals surface area (Å²) in [6, 6.07) is 4.29. The summed E-state index contributed by atoms with van der Waals surface area (Å²) in [4.78, 5) is 11.5. The molecule has 0 N–H and O–H groups in total.